The van der Waals surface area contributed by atoms with Gasteiger partial charge in [0.25, 0.3) is 0 Å². The van der Waals surface area contributed by atoms with Gasteiger partial charge in [-0.05, 0) is 18.1 Å². The summed E-state index contributed by atoms with van der Waals surface area (Å²) >= 11 is 0. The van der Waals surface area contributed by atoms with E-state index in [2.05, 4.69) is 11.0 Å². The molecule has 3 rings (SSSR count). The molecule has 1 saturated heterocycles. The molecule has 0 unspecified atom stereocenters. The molecule has 19 heavy (non-hydrogen) atoms. The lowest BCUT2D eigenvalue weighted by Gasteiger charge is -2.29. The van der Waals surface area contributed by atoms with Gasteiger partial charge in [-0.1, -0.05) is 12.1 Å². The molecule has 2 aliphatic rings. The smallest absolute Gasteiger partial charge is 0.242 e. The second-order valence-electron chi connectivity index (χ2n) is 5.02. The van der Waals surface area contributed by atoms with Crippen molar-refractivity contribution in [1.82, 2.24) is 4.90 Å². The van der Waals surface area contributed by atoms with Gasteiger partial charge >= 0.3 is 0 Å². The fourth-order valence-corrected chi connectivity index (χ4v) is 2.80. The van der Waals surface area contributed by atoms with Gasteiger partial charge in [0.05, 0.1) is 31.1 Å². The molecule has 0 atom stereocenters. The van der Waals surface area contributed by atoms with E-state index in [1.807, 2.05) is 17.0 Å². The highest BCUT2D eigenvalue weighted by atomic mass is 16.5. The number of anilines is 2. The third-order valence-corrected chi connectivity index (χ3v) is 3.81. The Morgan fingerprint density at radius 3 is 2.84 bits per heavy atom. The van der Waals surface area contributed by atoms with Crippen LogP contribution in [0.25, 0.3) is 0 Å². The Hall–Kier alpha value is -1.75. The second-order valence-corrected chi connectivity index (χ2v) is 5.02. The standard InChI is InChI=1S/C14H19N3O2/c15-12-3-1-2-11-4-5-17(14(11)12)10-13(18)16-6-8-19-9-7-16/h1-3H,4-10,15H2. The van der Waals surface area contributed by atoms with Gasteiger partial charge in [0.15, 0.2) is 0 Å². The SMILES string of the molecule is Nc1cccc2c1N(CC(=O)N1CCOCC1)CC2. The van der Waals surface area contributed by atoms with Gasteiger partial charge in [-0.25, -0.2) is 0 Å². The molecule has 1 aromatic rings. The van der Waals surface area contributed by atoms with Gasteiger partial charge < -0.3 is 20.3 Å². The minimum absolute atomic E-state index is 0.166. The summed E-state index contributed by atoms with van der Waals surface area (Å²) in [5, 5.41) is 0. The van der Waals surface area contributed by atoms with Crippen molar-refractivity contribution in [2.45, 2.75) is 6.42 Å². The van der Waals surface area contributed by atoms with E-state index < -0.39 is 0 Å². The van der Waals surface area contributed by atoms with E-state index in [1.54, 1.807) is 0 Å². The molecule has 2 aliphatic heterocycles. The quantitative estimate of drug-likeness (QED) is 0.787. The first-order valence-electron chi connectivity index (χ1n) is 6.73. The monoisotopic (exact) mass is 261 g/mol. The summed E-state index contributed by atoms with van der Waals surface area (Å²) in [4.78, 5) is 16.2. The van der Waals surface area contributed by atoms with Crippen LogP contribution in [0.15, 0.2) is 18.2 Å². The van der Waals surface area contributed by atoms with Crippen LogP contribution in [-0.4, -0.2) is 50.2 Å². The van der Waals surface area contributed by atoms with Crippen LogP contribution in [0.4, 0.5) is 11.4 Å². The topological polar surface area (TPSA) is 58.8 Å². The number of rotatable bonds is 2. The third-order valence-electron chi connectivity index (χ3n) is 3.81. The summed E-state index contributed by atoms with van der Waals surface area (Å²) < 4.78 is 5.27. The zero-order valence-corrected chi connectivity index (χ0v) is 11.0. The van der Waals surface area contributed by atoms with Gasteiger partial charge in [-0.2, -0.15) is 0 Å². The summed E-state index contributed by atoms with van der Waals surface area (Å²) in [5.41, 5.74) is 9.09. The van der Waals surface area contributed by atoms with Crippen LogP contribution < -0.4 is 10.6 Å². The molecule has 0 aromatic heterocycles. The van der Waals surface area contributed by atoms with Gasteiger partial charge in [0.2, 0.25) is 5.91 Å². The predicted molar refractivity (Wildman–Crippen MR) is 74.2 cm³/mol. The number of carbonyl (C=O) groups excluding carboxylic acids is 1. The Morgan fingerprint density at radius 1 is 1.26 bits per heavy atom. The molecule has 0 radical (unpaired) electrons. The number of nitrogen functional groups attached to an aromatic ring is 1. The highest BCUT2D eigenvalue weighted by Gasteiger charge is 2.25. The first kappa shape index (κ1) is 12.3. The zero-order chi connectivity index (χ0) is 13.2. The molecule has 2 heterocycles. The van der Waals surface area contributed by atoms with Crippen LogP contribution in [0.5, 0.6) is 0 Å². The second kappa shape index (κ2) is 5.09. The first-order chi connectivity index (χ1) is 9.25. The number of ether oxygens (including phenoxy) is 1. The summed E-state index contributed by atoms with van der Waals surface area (Å²) in [6, 6.07) is 5.96. The van der Waals surface area contributed by atoms with Crippen molar-refractivity contribution in [2.24, 2.45) is 0 Å². The lowest BCUT2D eigenvalue weighted by molar-refractivity contribution is -0.133. The molecule has 1 amide bonds. The van der Waals surface area contributed by atoms with Crippen LogP contribution in [0.3, 0.4) is 0 Å². The number of carbonyl (C=O) groups is 1. The molecule has 0 aliphatic carbocycles. The summed E-state index contributed by atoms with van der Waals surface area (Å²) in [6.07, 6.45) is 0.969. The third kappa shape index (κ3) is 2.38. The van der Waals surface area contributed by atoms with E-state index in [9.17, 15) is 4.79 Å². The van der Waals surface area contributed by atoms with Crippen LogP contribution in [0.1, 0.15) is 5.56 Å². The van der Waals surface area contributed by atoms with Crippen molar-refractivity contribution in [3.8, 4) is 0 Å². The highest BCUT2D eigenvalue weighted by molar-refractivity contribution is 5.85. The lowest BCUT2D eigenvalue weighted by Crippen LogP contribution is -2.45. The number of amides is 1. The summed E-state index contributed by atoms with van der Waals surface area (Å²) in [7, 11) is 0. The maximum atomic E-state index is 12.3. The highest BCUT2D eigenvalue weighted by Crippen LogP contribution is 2.33. The van der Waals surface area contributed by atoms with E-state index in [0.717, 1.165) is 24.3 Å². The average Bonchev–Trinajstić information content (AvgIpc) is 2.84. The Bertz CT molecular complexity index is 484. The van der Waals surface area contributed by atoms with Crippen LogP contribution in [-0.2, 0) is 16.0 Å². The van der Waals surface area contributed by atoms with Gasteiger partial charge in [0, 0.05) is 19.6 Å². The van der Waals surface area contributed by atoms with Crippen molar-refractivity contribution < 1.29 is 9.53 Å². The molecular weight excluding hydrogens is 242 g/mol. The Morgan fingerprint density at radius 2 is 2.05 bits per heavy atom. The Kier molecular flexibility index (Phi) is 3.29. The van der Waals surface area contributed by atoms with Crippen LogP contribution >= 0.6 is 0 Å². The maximum absolute atomic E-state index is 12.3. The van der Waals surface area contributed by atoms with E-state index in [-0.39, 0.29) is 5.91 Å². The molecule has 5 heteroatoms. The van der Waals surface area contributed by atoms with Gasteiger partial charge in [0.1, 0.15) is 0 Å². The lowest BCUT2D eigenvalue weighted by atomic mass is 10.1. The molecule has 1 aromatic carbocycles. The number of fused-ring (bicyclic) bond motifs is 1. The summed E-state index contributed by atoms with van der Waals surface area (Å²) in [5.74, 6) is 0.166. The number of nitrogens with two attached hydrogens (primary N) is 1. The number of nitrogens with zero attached hydrogens (tertiary/aromatic N) is 2. The van der Waals surface area contributed by atoms with Crippen LogP contribution in [0.2, 0.25) is 0 Å². The molecule has 0 spiro atoms. The van der Waals surface area contributed by atoms with Crippen molar-refractivity contribution in [3.05, 3.63) is 23.8 Å². The number of para-hydroxylation sites is 1. The first-order valence-corrected chi connectivity index (χ1v) is 6.73. The average molecular weight is 261 g/mol. The van der Waals surface area contributed by atoms with Crippen molar-refractivity contribution in [2.75, 3.05) is 50.0 Å². The van der Waals surface area contributed by atoms with Crippen molar-refractivity contribution in [1.29, 1.82) is 0 Å². The number of hydrogen-bond donors (Lipinski definition) is 1. The molecule has 102 valence electrons. The maximum Gasteiger partial charge on any atom is 0.242 e. The Labute approximate surface area is 112 Å². The minimum atomic E-state index is 0.166. The van der Waals surface area contributed by atoms with E-state index in [1.165, 1.54) is 5.56 Å². The van der Waals surface area contributed by atoms with E-state index in [0.29, 0.717) is 32.8 Å². The predicted octanol–water partition coefficient (Wildman–Crippen LogP) is 0.490. The molecule has 1 fully saturated rings. The van der Waals surface area contributed by atoms with E-state index >= 15 is 0 Å². The molecule has 0 saturated carbocycles. The number of benzene rings is 1. The van der Waals surface area contributed by atoms with Crippen molar-refractivity contribution in [3.63, 3.8) is 0 Å². The molecule has 5 nitrogen and oxygen atoms in total. The molecular formula is C14H19N3O2. The minimum Gasteiger partial charge on any atom is -0.397 e. The fraction of sp³-hybridized carbons (Fsp3) is 0.500. The fourth-order valence-electron chi connectivity index (χ4n) is 2.80. The van der Waals surface area contributed by atoms with Crippen LogP contribution in [0, 0.1) is 0 Å². The number of hydrogen-bond acceptors (Lipinski definition) is 4. The zero-order valence-electron chi connectivity index (χ0n) is 11.0. The largest absolute Gasteiger partial charge is 0.397 e. The molecule has 2 N–H and O–H groups in total. The molecule has 0 bridgehead atoms. The number of morpholine rings is 1. The normalized spacial score (nSPS) is 18.5. The van der Waals surface area contributed by atoms with Gasteiger partial charge in [-0.15, -0.1) is 0 Å². The summed E-state index contributed by atoms with van der Waals surface area (Å²) in [6.45, 7) is 3.98. The van der Waals surface area contributed by atoms with Crippen molar-refractivity contribution >= 4 is 17.3 Å². The Balaban J connectivity index is 1.70. The van der Waals surface area contributed by atoms with Gasteiger partial charge in [-0.3, -0.25) is 4.79 Å². The van der Waals surface area contributed by atoms with E-state index in [4.69, 9.17) is 10.5 Å².